The van der Waals surface area contributed by atoms with Crippen LogP contribution < -0.4 is 16.0 Å². The maximum absolute atomic E-state index is 12.3. The van der Waals surface area contributed by atoms with Crippen LogP contribution in [-0.2, 0) is 4.79 Å². The minimum Gasteiger partial charge on any atom is -0.345 e. The molecule has 0 saturated carbocycles. The van der Waals surface area contributed by atoms with Gasteiger partial charge in [0, 0.05) is 23.0 Å². The Hall–Kier alpha value is -2.89. The lowest BCUT2D eigenvalue weighted by Gasteiger charge is -2.18. The smallest absolute Gasteiger partial charge is 0.324 e. The summed E-state index contributed by atoms with van der Waals surface area (Å²) in [6.45, 7) is 6.07. The highest BCUT2D eigenvalue weighted by atomic mass is 16.2. The Morgan fingerprint density at radius 2 is 2.12 bits per heavy atom. The van der Waals surface area contributed by atoms with Gasteiger partial charge in [-0.1, -0.05) is 45.4 Å². The van der Waals surface area contributed by atoms with E-state index in [-0.39, 0.29) is 18.0 Å². The van der Waals surface area contributed by atoms with Crippen LogP contribution in [0.25, 0.3) is 0 Å². The van der Waals surface area contributed by atoms with Crippen molar-refractivity contribution in [1.82, 2.24) is 15.6 Å². The molecule has 26 heavy (non-hydrogen) atoms. The second kappa shape index (κ2) is 9.56. The van der Waals surface area contributed by atoms with Gasteiger partial charge in [-0.25, -0.2) is 9.78 Å². The second-order valence-electron chi connectivity index (χ2n) is 5.71. The van der Waals surface area contributed by atoms with Gasteiger partial charge in [0.2, 0.25) is 5.91 Å². The fourth-order valence-electron chi connectivity index (χ4n) is 2.96. The lowest BCUT2D eigenvalue weighted by atomic mass is 9.97. The zero-order chi connectivity index (χ0) is 18.9. The number of aromatic nitrogens is 1. The van der Waals surface area contributed by atoms with E-state index in [0.29, 0.717) is 17.9 Å². The van der Waals surface area contributed by atoms with E-state index < -0.39 is 0 Å². The van der Waals surface area contributed by atoms with Crippen molar-refractivity contribution in [1.29, 1.82) is 0 Å². The van der Waals surface area contributed by atoms with Crippen molar-refractivity contribution >= 4 is 17.8 Å². The lowest BCUT2D eigenvalue weighted by molar-refractivity contribution is -0.117. The monoisotopic (exact) mass is 354 g/mol. The number of urea groups is 1. The van der Waals surface area contributed by atoms with Gasteiger partial charge >= 0.3 is 6.03 Å². The molecule has 0 saturated heterocycles. The van der Waals surface area contributed by atoms with Crippen LogP contribution in [0.1, 0.15) is 40.0 Å². The third-order valence-electron chi connectivity index (χ3n) is 4.00. The highest BCUT2D eigenvalue weighted by Crippen LogP contribution is 2.30. The summed E-state index contributed by atoms with van der Waals surface area (Å²) in [5, 5.41) is 8.56. The molecule has 0 spiro atoms. The second-order valence-corrected chi connectivity index (χ2v) is 5.71. The molecule has 1 aliphatic heterocycles. The number of hydrogen-bond donors (Lipinski definition) is 3. The summed E-state index contributed by atoms with van der Waals surface area (Å²) in [6, 6.07) is 4.86. The van der Waals surface area contributed by atoms with Gasteiger partial charge in [0.15, 0.2) is 0 Å². The summed E-state index contributed by atoms with van der Waals surface area (Å²) >= 11 is 0. The summed E-state index contributed by atoms with van der Waals surface area (Å²) < 4.78 is 0. The Morgan fingerprint density at radius 3 is 2.81 bits per heavy atom. The van der Waals surface area contributed by atoms with Crippen molar-refractivity contribution < 1.29 is 9.59 Å². The van der Waals surface area contributed by atoms with E-state index >= 15 is 0 Å². The fourth-order valence-corrected chi connectivity index (χ4v) is 2.96. The van der Waals surface area contributed by atoms with Crippen molar-refractivity contribution in [3.63, 3.8) is 0 Å². The van der Waals surface area contributed by atoms with Gasteiger partial charge in [-0.05, 0) is 31.1 Å². The molecule has 0 aromatic carbocycles. The summed E-state index contributed by atoms with van der Waals surface area (Å²) in [5.74, 6) is 0.424. The first-order chi connectivity index (χ1) is 12.7. The number of amides is 3. The largest absolute Gasteiger partial charge is 0.345 e. The topological polar surface area (TPSA) is 83.1 Å². The molecular formula is C20H26N4O2. The number of carbonyl (C=O) groups excluding carboxylic acids is 2. The van der Waals surface area contributed by atoms with Gasteiger partial charge in [-0.2, -0.15) is 0 Å². The van der Waals surface area contributed by atoms with Crippen molar-refractivity contribution in [2.45, 2.75) is 46.1 Å². The molecule has 0 bridgehead atoms. The molecule has 3 N–H and O–H groups in total. The lowest BCUT2D eigenvalue weighted by Crippen LogP contribution is -2.34. The first-order valence-corrected chi connectivity index (χ1v) is 9.09. The van der Waals surface area contributed by atoms with E-state index in [9.17, 15) is 9.59 Å². The zero-order valence-corrected chi connectivity index (χ0v) is 15.5. The molecule has 6 nitrogen and oxygen atoms in total. The minimum atomic E-state index is -0.378. The van der Waals surface area contributed by atoms with E-state index in [0.717, 1.165) is 24.0 Å². The van der Waals surface area contributed by atoms with Gasteiger partial charge in [-0.15, -0.1) is 0 Å². The van der Waals surface area contributed by atoms with Gasteiger partial charge < -0.3 is 10.6 Å². The third-order valence-corrected chi connectivity index (χ3v) is 4.00. The van der Waals surface area contributed by atoms with E-state index in [2.05, 4.69) is 27.9 Å². The molecule has 138 valence electrons. The number of anilines is 1. The minimum absolute atomic E-state index is 0.0483. The number of carbonyl (C=O) groups is 2. The van der Waals surface area contributed by atoms with Crippen LogP contribution >= 0.6 is 0 Å². The standard InChI is InChI=1S/C18H20N4O2.C2H6/c1-2-7-13-16-12(17(23)20-13)8-3-4-9-14(16)21-18(24)22-15-10-5-6-11-19-15;1-2/h3-6,9-11,13H,2,7-8H2,1H3,(H,20,23)(H2,19,21,22,24);1-2H3. The van der Waals surface area contributed by atoms with E-state index in [4.69, 9.17) is 0 Å². The summed E-state index contributed by atoms with van der Waals surface area (Å²) in [4.78, 5) is 28.5. The normalized spacial score (nSPS) is 18.0. The Bertz CT molecular complexity index is 735. The molecule has 1 atom stereocenters. The Kier molecular flexibility index (Phi) is 7.14. The maximum atomic E-state index is 12.3. The predicted molar refractivity (Wildman–Crippen MR) is 103 cm³/mol. The van der Waals surface area contributed by atoms with Crippen LogP contribution in [0.15, 0.2) is 59.5 Å². The van der Waals surface area contributed by atoms with Crippen LogP contribution in [0, 0.1) is 0 Å². The molecule has 1 aromatic rings. The number of pyridine rings is 1. The van der Waals surface area contributed by atoms with Crippen molar-refractivity contribution in [3.8, 4) is 0 Å². The van der Waals surface area contributed by atoms with Crippen LogP contribution in [0.5, 0.6) is 0 Å². The first-order valence-electron chi connectivity index (χ1n) is 9.09. The Morgan fingerprint density at radius 1 is 1.31 bits per heavy atom. The van der Waals surface area contributed by atoms with E-state index in [1.54, 1.807) is 24.4 Å². The van der Waals surface area contributed by atoms with Crippen LogP contribution in [-0.4, -0.2) is 23.0 Å². The van der Waals surface area contributed by atoms with Crippen molar-refractivity contribution in [2.75, 3.05) is 5.32 Å². The number of hydrogen-bond acceptors (Lipinski definition) is 3. The molecule has 1 aromatic heterocycles. The summed E-state index contributed by atoms with van der Waals surface area (Å²) in [5.41, 5.74) is 2.28. The highest BCUT2D eigenvalue weighted by molar-refractivity contribution is 6.00. The third kappa shape index (κ3) is 4.59. The molecule has 1 aliphatic carbocycles. The average molecular weight is 354 g/mol. The molecule has 6 heteroatoms. The maximum Gasteiger partial charge on any atom is 0.324 e. The number of nitrogens with one attached hydrogen (secondary N) is 3. The quantitative estimate of drug-likeness (QED) is 0.771. The van der Waals surface area contributed by atoms with Crippen LogP contribution in [0.3, 0.4) is 0 Å². The van der Waals surface area contributed by atoms with Gasteiger partial charge in [0.25, 0.3) is 0 Å². The predicted octanol–water partition coefficient (Wildman–Crippen LogP) is 3.67. The van der Waals surface area contributed by atoms with Gasteiger partial charge in [0.1, 0.15) is 5.82 Å². The molecule has 2 aliphatic rings. The number of nitrogens with zero attached hydrogens (tertiary/aromatic N) is 1. The zero-order valence-electron chi connectivity index (χ0n) is 15.5. The molecule has 0 radical (unpaired) electrons. The average Bonchev–Trinajstić information content (AvgIpc) is 2.82. The molecule has 1 unspecified atom stereocenters. The van der Waals surface area contributed by atoms with Gasteiger partial charge in [-0.3, -0.25) is 10.1 Å². The highest BCUT2D eigenvalue weighted by Gasteiger charge is 2.33. The van der Waals surface area contributed by atoms with E-state index in [1.807, 2.05) is 32.1 Å². The van der Waals surface area contributed by atoms with Crippen LogP contribution in [0.2, 0.25) is 0 Å². The van der Waals surface area contributed by atoms with Crippen molar-refractivity contribution in [3.05, 3.63) is 59.5 Å². The molecular weight excluding hydrogens is 328 g/mol. The summed E-state index contributed by atoms with van der Waals surface area (Å²) in [6.07, 6.45) is 9.60. The molecule has 3 rings (SSSR count). The van der Waals surface area contributed by atoms with E-state index in [1.165, 1.54) is 0 Å². The first kappa shape index (κ1) is 19.4. The molecule has 2 heterocycles. The number of rotatable bonds is 4. The van der Waals surface area contributed by atoms with Crippen molar-refractivity contribution in [2.24, 2.45) is 0 Å². The Labute approximate surface area is 154 Å². The van der Waals surface area contributed by atoms with Crippen LogP contribution in [0.4, 0.5) is 10.6 Å². The SMILES string of the molecule is CC.CCCC1NC(=O)C2=C1C(NC(=O)Nc1ccccn1)=CC=CC2. The summed E-state index contributed by atoms with van der Waals surface area (Å²) in [7, 11) is 0. The molecule has 3 amide bonds. The molecule has 0 fully saturated rings. The fraction of sp³-hybridized carbons (Fsp3) is 0.350. The Balaban J connectivity index is 0.00000117. The number of allylic oxidation sites excluding steroid dienone is 3. The van der Waals surface area contributed by atoms with Gasteiger partial charge in [0.05, 0.1) is 6.04 Å².